The number of nitrogens with zero attached hydrogens (tertiary/aromatic N) is 3. The van der Waals surface area contributed by atoms with Crippen molar-refractivity contribution in [2.24, 2.45) is 4.99 Å². The molecule has 0 saturated carbocycles. The summed E-state index contributed by atoms with van der Waals surface area (Å²) in [5.41, 5.74) is 0.710. The van der Waals surface area contributed by atoms with E-state index >= 15 is 0 Å². The first-order valence-electron chi connectivity index (χ1n) is 11.0. The van der Waals surface area contributed by atoms with E-state index in [1.165, 1.54) is 23.5 Å². The fraction of sp³-hybridized carbons (Fsp3) is 0.160. The Hall–Kier alpha value is -4.12. The lowest BCUT2D eigenvalue weighted by atomic mass is 10.2. The van der Waals surface area contributed by atoms with Crippen molar-refractivity contribution in [3.8, 4) is 34.4 Å². The van der Waals surface area contributed by atoms with E-state index < -0.39 is 11.7 Å². The van der Waals surface area contributed by atoms with Crippen molar-refractivity contribution in [1.29, 1.82) is 0 Å². The first kappa shape index (κ1) is 23.6. The third-order valence-corrected chi connectivity index (χ3v) is 5.89. The van der Waals surface area contributed by atoms with Gasteiger partial charge in [-0.3, -0.25) is 4.99 Å². The van der Waals surface area contributed by atoms with Gasteiger partial charge in [-0.1, -0.05) is 0 Å². The zero-order valence-electron chi connectivity index (χ0n) is 18.7. The topological polar surface area (TPSA) is 80.7 Å². The Morgan fingerprint density at radius 1 is 0.917 bits per heavy atom. The molecule has 0 atom stereocenters. The van der Waals surface area contributed by atoms with Gasteiger partial charge in [0, 0.05) is 24.7 Å². The van der Waals surface area contributed by atoms with Crippen molar-refractivity contribution >= 4 is 22.4 Å². The Balaban J connectivity index is 1.26. The van der Waals surface area contributed by atoms with Crippen molar-refractivity contribution < 1.29 is 22.6 Å². The predicted octanol–water partition coefficient (Wildman–Crippen LogP) is 6.57. The Kier molecular flexibility index (Phi) is 6.72. The van der Waals surface area contributed by atoms with Crippen LogP contribution in [-0.4, -0.2) is 29.0 Å². The molecule has 3 heterocycles. The lowest BCUT2D eigenvalue weighted by Crippen LogP contribution is -2.35. The molecule has 0 aliphatic carbocycles. The first-order valence-corrected chi connectivity index (χ1v) is 11.9. The minimum absolute atomic E-state index is 0.297. The van der Waals surface area contributed by atoms with Gasteiger partial charge in [0.05, 0.1) is 16.8 Å². The summed E-state index contributed by atoms with van der Waals surface area (Å²) >= 11 is 1.45. The zero-order chi connectivity index (χ0) is 25.0. The highest BCUT2D eigenvalue weighted by molar-refractivity contribution is 7.14. The Bertz CT molecular complexity index is 1360. The van der Waals surface area contributed by atoms with Gasteiger partial charge in [-0.15, -0.1) is 11.3 Å². The summed E-state index contributed by atoms with van der Waals surface area (Å²) < 4.78 is 49.8. The molecule has 0 unspecified atom stereocenters. The number of hydrogen-bond acceptors (Lipinski definition) is 8. The molecule has 2 aromatic carbocycles. The SMILES string of the molecule is FC(F)(F)c1ccc(Oc2ccc(Oc3ncccc3-c3csc(NC4=NCCCN4)n3)cc2)cc1. The second-order valence-electron chi connectivity index (χ2n) is 7.73. The smallest absolute Gasteiger partial charge is 0.416 e. The molecule has 2 aromatic heterocycles. The normalized spacial score (nSPS) is 13.5. The summed E-state index contributed by atoms with van der Waals surface area (Å²) in [7, 11) is 0. The summed E-state index contributed by atoms with van der Waals surface area (Å²) in [6, 6.07) is 14.9. The van der Waals surface area contributed by atoms with Crippen LogP contribution in [-0.2, 0) is 6.18 Å². The largest absolute Gasteiger partial charge is 0.457 e. The standard InChI is InChI=1S/C25H20F3N5O2S/c26-25(27,28)16-4-6-17(7-5-16)34-18-8-10-19(11-9-18)35-22-20(3-1-12-29-22)21-15-36-24(32-21)33-23-30-13-2-14-31-23/h1,3-12,15H,2,13-14H2,(H2,30,31,32,33). The van der Waals surface area contributed by atoms with Gasteiger partial charge in [-0.2, -0.15) is 13.2 Å². The second kappa shape index (κ2) is 10.2. The number of aromatic nitrogens is 2. The summed E-state index contributed by atoms with van der Waals surface area (Å²) in [6.07, 6.45) is -1.75. The molecule has 4 aromatic rings. The van der Waals surface area contributed by atoms with Gasteiger partial charge in [0.15, 0.2) is 11.1 Å². The number of thiazole rings is 1. The van der Waals surface area contributed by atoms with E-state index in [9.17, 15) is 13.2 Å². The summed E-state index contributed by atoms with van der Waals surface area (Å²) in [5, 5.41) is 9.01. The maximum Gasteiger partial charge on any atom is 0.416 e. The highest BCUT2D eigenvalue weighted by Gasteiger charge is 2.30. The van der Waals surface area contributed by atoms with E-state index in [0.29, 0.717) is 39.9 Å². The van der Waals surface area contributed by atoms with Crippen LogP contribution in [0.1, 0.15) is 12.0 Å². The zero-order valence-corrected chi connectivity index (χ0v) is 19.6. The monoisotopic (exact) mass is 511 g/mol. The molecule has 1 aliphatic rings. The molecule has 7 nitrogen and oxygen atoms in total. The van der Waals surface area contributed by atoms with Crippen molar-refractivity contribution in [1.82, 2.24) is 15.3 Å². The molecule has 0 spiro atoms. The Labute approximate surface area is 208 Å². The van der Waals surface area contributed by atoms with Crippen LogP contribution in [0.5, 0.6) is 23.1 Å². The van der Waals surface area contributed by atoms with Crippen LogP contribution < -0.4 is 20.1 Å². The molecule has 184 valence electrons. The molecule has 0 fully saturated rings. The van der Waals surface area contributed by atoms with Gasteiger partial charge in [-0.05, 0) is 67.1 Å². The molecule has 0 amide bonds. The number of anilines is 1. The third kappa shape index (κ3) is 5.74. The maximum absolute atomic E-state index is 12.7. The Morgan fingerprint density at radius 3 is 2.28 bits per heavy atom. The number of pyridine rings is 1. The van der Waals surface area contributed by atoms with Crippen LogP contribution >= 0.6 is 11.3 Å². The third-order valence-electron chi connectivity index (χ3n) is 5.13. The summed E-state index contributed by atoms with van der Waals surface area (Å²) in [6.45, 7) is 1.65. The number of hydrogen-bond donors (Lipinski definition) is 2. The Morgan fingerprint density at radius 2 is 1.61 bits per heavy atom. The minimum Gasteiger partial charge on any atom is -0.457 e. The number of ether oxygens (including phenoxy) is 2. The first-order chi connectivity index (χ1) is 17.4. The van der Waals surface area contributed by atoms with Crippen molar-refractivity contribution in [3.05, 3.63) is 77.8 Å². The number of nitrogens with one attached hydrogen (secondary N) is 2. The number of benzene rings is 2. The van der Waals surface area contributed by atoms with Crippen LogP contribution in [0.15, 0.2) is 77.2 Å². The molecular formula is C25H20F3N5O2S. The molecule has 0 saturated heterocycles. The van der Waals surface area contributed by atoms with Gasteiger partial charge < -0.3 is 20.1 Å². The highest BCUT2D eigenvalue weighted by Crippen LogP contribution is 2.35. The molecular weight excluding hydrogens is 491 g/mol. The molecule has 0 radical (unpaired) electrons. The van der Waals surface area contributed by atoms with E-state index in [1.54, 1.807) is 30.5 Å². The van der Waals surface area contributed by atoms with Crippen molar-refractivity contribution in [2.45, 2.75) is 12.6 Å². The van der Waals surface area contributed by atoms with Crippen LogP contribution in [0.3, 0.4) is 0 Å². The molecule has 2 N–H and O–H groups in total. The second-order valence-corrected chi connectivity index (χ2v) is 8.59. The van der Waals surface area contributed by atoms with Gasteiger partial charge >= 0.3 is 6.18 Å². The average molecular weight is 512 g/mol. The van der Waals surface area contributed by atoms with Crippen LogP contribution in [0.25, 0.3) is 11.3 Å². The molecule has 0 bridgehead atoms. The van der Waals surface area contributed by atoms with E-state index in [2.05, 4.69) is 25.6 Å². The lowest BCUT2D eigenvalue weighted by Gasteiger charge is -2.14. The van der Waals surface area contributed by atoms with Crippen LogP contribution in [0.4, 0.5) is 18.3 Å². The minimum atomic E-state index is -4.39. The molecule has 1 aliphatic heterocycles. The number of guanidine groups is 1. The maximum atomic E-state index is 12.7. The highest BCUT2D eigenvalue weighted by atomic mass is 32.1. The van der Waals surface area contributed by atoms with Crippen molar-refractivity contribution in [2.75, 3.05) is 18.4 Å². The van der Waals surface area contributed by atoms with Crippen LogP contribution in [0, 0.1) is 0 Å². The van der Waals surface area contributed by atoms with Gasteiger partial charge in [-0.25, -0.2) is 9.97 Å². The average Bonchev–Trinajstić information content (AvgIpc) is 3.34. The number of rotatable bonds is 6. The quantitative estimate of drug-likeness (QED) is 0.305. The van der Waals surface area contributed by atoms with Gasteiger partial charge in [0.1, 0.15) is 17.2 Å². The predicted molar refractivity (Wildman–Crippen MR) is 132 cm³/mol. The van der Waals surface area contributed by atoms with E-state index in [-0.39, 0.29) is 0 Å². The number of alkyl halides is 3. The number of aliphatic imine (C=N–C) groups is 1. The van der Waals surface area contributed by atoms with Crippen molar-refractivity contribution in [3.63, 3.8) is 0 Å². The number of halogens is 3. The molecule has 5 rings (SSSR count). The van der Waals surface area contributed by atoms with E-state index in [1.807, 2.05) is 17.5 Å². The van der Waals surface area contributed by atoms with E-state index in [4.69, 9.17) is 9.47 Å². The lowest BCUT2D eigenvalue weighted by molar-refractivity contribution is -0.137. The summed E-state index contributed by atoms with van der Waals surface area (Å²) in [5.74, 6) is 2.37. The van der Waals surface area contributed by atoms with Gasteiger partial charge in [0.2, 0.25) is 5.88 Å². The molecule has 36 heavy (non-hydrogen) atoms. The fourth-order valence-corrected chi connectivity index (χ4v) is 4.08. The summed E-state index contributed by atoms with van der Waals surface area (Å²) in [4.78, 5) is 13.4. The van der Waals surface area contributed by atoms with E-state index in [0.717, 1.165) is 37.2 Å². The van der Waals surface area contributed by atoms with Gasteiger partial charge in [0.25, 0.3) is 0 Å². The van der Waals surface area contributed by atoms with Crippen LogP contribution in [0.2, 0.25) is 0 Å². The molecule has 11 heteroatoms. The fourth-order valence-electron chi connectivity index (χ4n) is 3.37.